The normalized spacial score (nSPS) is 30.1. The Bertz CT molecular complexity index is 1100. The number of aliphatic carboxylic acids is 1. The van der Waals surface area contributed by atoms with Crippen molar-refractivity contribution in [2.24, 2.45) is 0 Å². The second-order valence-corrected chi connectivity index (χ2v) is 9.66. The summed E-state index contributed by atoms with van der Waals surface area (Å²) in [7, 11) is 1.94. The van der Waals surface area contributed by atoms with Gasteiger partial charge in [-0.3, -0.25) is 9.59 Å². The minimum Gasteiger partial charge on any atom is -0.504 e. The van der Waals surface area contributed by atoms with Crippen molar-refractivity contribution < 1.29 is 43.9 Å². The molecule has 1 aromatic rings. The van der Waals surface area contributed by atoms with Gasteiger partial charge in [0.2, 0.25) is 0 Å². The SMILES string of the molecule is Cc1ccc(O)c2c1[C@]13CCN(C)[C@H](C)[C@]1(O)CC=C(OC(=O)[C@H](C)OC(=O)CCC(=O)O)[C@@H]3O2. The van der Waals surface area contributed by atoms with E-state index in [4.69, 9.17) is 19.3 Å². The summed E-state index contributed by atoms with van der Waals surface area (Å²) >= 11 is 0. The predicted molar refractivity (Wildman–Crippen MR) is 122 cm³/mol. The average molecular weight is 490 g/mol. The highest BCUT2D eigenvalue weighted by Gasteiger charge is 2.69. The maximum Gasteiger partial charge on any atom is 0.352 e. The van der Waals surface area contributed by atoms with Crippen molar-refractivity contribution in [3.05, 3.63) is 35.1 Å². The Hall–Kier alpha value is -3.11. The highest BCUT2D eigenvalue weighted by Crippen LogP contribution is 2.62. The number of phenolic OH excluding ortho intramolecular Hbond substituents is 1. The molecule has 190 valence electrons. The van der Waals surface area contributed by atoms with E-state index in [0.29, 0.717) is 18.5 Å². The number of carboxylic acids is 1. The molecule has 0 saturated carbocycles. The molecule has 1 spiro atoms. The van der Waals surface area contributed by atoms with Crippen LogP contribution in [0.25, 0.3) is 0 Å². The van der Waals surface area contributed by atoms with E-state index in [1.165, 1.54) is 13.0 Å². The lowest BCUT2D eigenvalue weighted by Gasteiger charge is -2.58. The Morgan fingerprint density at radius 1 is 1.29 bits per heavy atom. The molecule has 0 aromatic heterocycles. The zero-order valence-corrected chi connectivity index (χ0v) is 20.2. The van der Waals surface area contributed by atoms with Gasteiger partial charge in [-0.1, -0.05) is 6.07 Å². The van der Waals surface area contributed by atoms with Crippen LogP contribution in [0, 0.1) is 6.92 Å². The third-order valence-electron chi connectivity index (χ3n) is 7.73. The zero-order chi connectivity index (χ0) is 25.7. The Morgan fingerprint density at radius 3 is 2.69 bits per heavy atom. The maximum absolute atomic E-state index is 12.8. The summed E-state index contributed by atoms with van der Waals surface area (Å²) in [6.07, 6.45) is -0.618. The van der Waals surface area contributed by atoms with Crippen molar-refractivity contribution in [1.82, 2.24) is 4.90 Å². The van der Waals surface area contributed by atoms with E-state index >= 15 is 0 Å². The van der Waals surface area contributed by atoms with E-state index in [1.54, 1.807) is 12.1 Å². The number of carboxylic acid groups (broad SMARTS) is 1. The first-order valence-corrected chi connectivity index (χ1v) is 11.7. The standard InChI is InChI=1S/C25H31NO9/c1-13-5-6-16(27)21-20(13)24-11-12-26(4)15(3)25(24,32)10-9-17(22(24)35-21)34-23(31)14(2)33-19(30)8-7-18(28)29/h5-6,9,14-15,22,27,32H,7-8,10-12H2,1-4H3,(H,28,29)/t14-,15+,22-,24-,25+/m0/s1. The van der Waals surface area contributed by atoms with E-state index in [-0.39, 0.29) is 36.1 Å². The lowest BCUT2D eigenvalue weighted by molar-refractivity contribution is -0.172. The van der Waals surface area contributed by atoms with Gasteiger partial charge in [-0.2, -0.15) is 0 Å². The van der Waals surface area contributed by atoms with Gasteiger partial charge >= 0.3 is 17.9 Å². The third-order valence-corrected chi connectivity index (χ3v) is 7.73. The summed E-state index contributed by atoms with van der Waals surface area (Å²) in [6, 6.07) is 3.06. The van der Waals surface area contributed by atoms with Crippen molar-refractivity contribution in [2.75, 3.05) is 13.6 Å². The number of carbonyl (C=O) groups excluding carboxylic acids is 2. The van der Waals surface area contributed by atoms with Crippen LogP contribution in [-0.4, -0.2) is 75.6 Å². The van der Waals surface area contributed by atoms with Crippen LogP contribution in [0.4, 0.5) is 0 Å². The second kappa shape index (κ2) is 8.83. The van der Waals surface area contributed by atoms with Crippen LogP contribution >= 0.6 is 0 Å². The third kappa shape index (κ3) is 3.84. The van der Waals surface area contributed by atoms with Crippen LogP contribution in [0.3, 0.4) is 0 Å². The number of phenols is 1. The molecule has 4 rings (SSSR count). The number of aryl methyl sites for hydroxylation is 1. The van der Waals surface area contributed by atoms with Crippen molar-refractivity contribution in [1.29, 1.82) is 0 Å². The molecule has 2 heterocycles. The number of rotatable bonds is 6. The predicted octanol–water partition coefficient (Wildman–Crippen LogP) is 1.78. The number of benzene rings is 1. The number of ether oxygens (including phenoxy) is 3. The highest BCUT2D eigenvalue weighted by atomic mass is 16.6. The molecule has 1 saturated heterocycles. The van der Waals surface area contributed by atoms with E-state index < -0.39 is 47.6 Å². The Balaban J connectivity index is 1.65. The fourth-order valence-corrected chi connectivity index (χ4v) is 5.72. The summed E-state index contributed by atoms with van der Waals surface area (Å²) in [5.74, 6) is -2.43. The number of aliphatic hydroxyl groups is 1. The van der Waals surface area contributed by atoms with Crippen molar-refractivity contribution in [3.8, 4) is 11.5 Å². The smallest absolute Gasteiger partial charge is 0.352 e. The van der Waals surface area contributed by atoms with E-state index in [2.05, 4.69) is 4.90 Å². The van der Waals surface area contributed by atoms with Crippen LogP contribution in [0.1, 0.15) is 50.7 Å². The fraction of sp³-hybridized carbons (Fsp3) is 0.560. The largest absolute Gasteiger partial charge is 0.504 e. The topological polar surface area (TPSA) is 143 Å². The van der Waals surface area contributed by atoms with E-state index in [1.807, 2.05) is 20.9 Å². The summed E-state index contributed by atoms with van der Waals surface area (Å²) in [5.41, 5.74) is -0.675. The van der Waals surface area contributed by atoms with Crippen LogP contribution < -0.4 is 4.74 Å². The van der Waals surface area contributed by atoms with Gasteiger partial charge in [0.15, 0.2) is 23.7 Å². The number of hydrogen-bond donors (Lipinski definition) is 3. The summed E-state index contributed by atoms with van der Waals surface area (Å²) in [4.78, 5) is 37.4. The second-order valence-electron chi connectivity index (χ2n) is 9.66. The molecule has 0 amide bonds. The maximum atomic E-state index is 12.8. The molecule has 1 fully saturated rings. The molecule has 10 nitrogen and oxygen atoms in total. The lowest BCUT2D eigenvalue weighted by Crippen LogP contribution is -2.71. The molecule has 3 aliphatic rings. The number of nitrogens with zero attached hydrogens (tertiary/aromatic N) is 1. The van der Waals surface area contributed by atoms with Gasteiger partial charge in [0.1, 0.15) is 5.76 Å². The molecule has 5 atom stereocenters. The van der Waals surface area contributed by atoms with Crippen molar-refractivity contribution in [3.63, 3.8) is 0 Å². The molecule has 1 aromatic carbocycles. The molecular weight excluding hydrogens is 458 g/mol. The van der Waals surface area contributed by atoms with Gasteiger partial charge in [0, 0.05) is 18.0 Å². The number of esters is 2. The quantitative estimate of drug-likeness (QED) is 0.506. The van der Waals surface area contributed by atoms with Gasteiger partial charge < -0.3 is 34.4 Å². The molecule has 0 unspecified atom stereocenters. The Kier molecular flexibility index (Phi) is 6.31. The number of piperidine rings is 1. The number of carbonyl (C=O) groups is 3. The van der Waals surface area contributed by atoms with Gasteiger partial charge in [-0.25, -0.2) is 4.79 Å². The molecule has 2 aliphatic heterocycles. The first kappa shape index (κ1) is 25.0. The number of likely N-dealkylation sites (tertiary alicyclic amines) is 1. The number of aromatic hydroxyl groups is 1. The van der Waals surface area contributed by atoms with Crippen LogP contribution in [0.15, 0.2) is 24.0 Å². The monoisotopic (exact) mass is 489 g/mol. The van der Waals surface area contributed by atoms with Gasteiger partial charge in [0.25, 0.3) is 0 Å². The lowest BCUT2D eigenvalue weighted by atomic mass is 9.54. The number of hydrogen-bond acceptors (Lipinski definition) is 9. The van der Waals surface area contributed by atoms with E-state index in [0.717, 1.165) is 5.56 Å². The molecule has 1 aliphatic carbocycles. The molecule has 35 heavy (non-hydrogen) atoms. The van der Waals surface area contributed by atoms with Crippen LogP contribution in [-0.2, 0) is 29.3 Å². The average Bonchev–Trinajstić information content (AvgIpc) is 3.17. The van der Waals surface area contributed by atoms with Crippen molar-refractivity contribution >= 4 is 17.9 Å². The number of fused-ring (bicyclic) bond motifs is 1. The summed E-state index contributed by atoms with van der Waals surface area (Å²) < 4.78 is 16.9. The summed E-state index contributed by atoms with van der Waals surface area (Å²) in [5, 5.41) is 31.4. The minimum absolute atomic E-state index is 0.0605. The number of likely N-dealkylation sites (N-methyl/N-ethyl adjacent to an activating group) is 1. The Morgan fingerprint density at radius 2 is 2.00 bits per heavy atom. The highest BCUT2D eigenvalue weighted by molar-refractivity contribution is 5.81. The molecule has 3 N–H and O–H groups in total. The first-order chi connectivity index (χ1) is 16.4. The van der Waals surface area contributed by atoms with Gasteiger partial charge in [-0.05, 0) is 58.5 Å². The fourth-order valence-electron chi connectivity index (χ4n) is 5.72. The Labute approximate surface area is 203 Å². The van der Waals surface area contributed by atoms with Crippen LogP contribution in [0.5, 0.6) is 11.5 Å². The van der Waals surface area contributed by atoms with Crippen molar-refractivity contribution in [2.45, 2.75) is 75.7 Å². The molecule has 10 heteroatoms. The van der Waals surface area contributed by atoms with Gasteiger partial charge in [0.05, 0.1) is 23.9 Å². The molecule has 0 bridgehead atoms. The zero-order valence-electron chi connectivity index (χ0n) is 20.2. The first-order valence-electron chi connectivity index (χ1n) is 11.7. The minimum atomic E-state index is -1.27. The van der Waals surface area contributed by atoms with Crippen LogP contribution in [0.2, 0.25) is 0 Å². The van der Waals surface area contributed by atoms with Gasteiger partial charge in [-0.15, -0.1) is 0 Å². The summed E-state index contributed by atoms with van der Waals surface area (Å²) in [6.45, 7) is 5.83. The van der Waals surface area contributed by atoms with E-state index in [9.17, 15) is 24.6 Å². The molecule has 0 radical (unpaired) electrons. The molecular formula is C25H31NO9.